The Morgan fingerprint density at radius 1 is 0.892 bits per heavy atom. The highest BCUT2D eigenvalue weighted by molar-refractivity contribution is 5.98. The summed E-state index contributed by atoms with van der Waals surface area (Å²) in [6, 6.07) is 16.7. The average molecular weight is 911 g/mol. The highest BCUT2D eigenvalue weighted by Crippen LogP contribution is 2.42. The van der Waals surface area contributed by atoms with Crippen molar-refractivity contribution in [3.05, 3.63) is 89.2 Å². The third-order valence-electron chi connectivity index (χ3n) is 11.3. The Morgan fingerprint density at radius 2 is 1.55 bits per heavy atom. The second-order valence-corrected chi connectivity index (χ2v) is 17.4. The molecule has 1 aliphatic heterocycles. The number of hydrogen-bond acceptors (Lipinski definition) is 8. The number of carbonyl (C=O) groups is 5. The Kier molecular flexibility index (Phi) is 14.5. The van der Waals surface area contributed by atoms with Crippen LogP contribution in [-0.2, 0) is 26.7 Å². The molecule has 0 spiro atoms. The van der Waals surface area contributed by atoms with Crippen LogP contribution < -0.4 is 21.3 Å². The van der Waals surface area contributed by atoms with E-state index in [9.17, 15) is 51.0 Å². The van der Waals surface area contributed by atoms with Crippen LogP contribution in [0.2, 0.25) is 0 Å². The number of alkyl halides is 5. The molecule has 3 aromatic carbocycles. The number of likely N-dealkylation sites (tertiary alicyclic amines) is 1. The van der Waals surface area contributed by atoms with Gasteiger partial charge in [0.1, 0.15) is 11.6 Å². The molecule has 5 amide bonds. The van der Waals surface area contributed by atoms with E-state index in [0.717, 1.165) is 16.7 Å². The van der Waals surface area contributed by atoms with Gasteiger partial charge in [-0.15, -0.1) is 0 Å². The van der Waals surface area contributed by atoms with Gasteiger partial charge in [-0.3, -0.25) is 19.5 Å². The second kappa shape index (κ2) is 19.6. The van der Waals surface area contributed by atoms with E-state index in [0.29, 0.717) is 56.3 Å². The van der Waals surface area contributed by atoms with Crippen molar-refractivity contribution >= 4 is 35.6 Å². The van der Waals surface area contributed by atoms with Crippen LogP contribution in [0.15, 0.2) is 66.7 Å². The van der Waals surface area contributed by atoms with Crippen LogP contribution >= 0.6 is 0 Å². The van der Waals surface area contributed by atoms with Crippen LogP contribution in [-0.4, -0.2) is 98.6 Å². The zero-order chi connectivity index (χ0) is 47.3. The Morgan fingerprint density at radius 3 is 2.15 bits per heavy atom. The Bertz CT molecular complexity index is 2360. The molecule has 0 bridgehead atoms. The topological polar surface area (TPSA) is 208 Å². The van der Waals surface area contributed by atoms with Crippen molar-refractivity contribution in [3.8, 4) is 22.5 Å². The molecular weight excluding hydrogens is 860 g/mol. The maximum atomic E-state index is 13.9. The maximum Gasteiger partial charge on any atom is 0.461 e. The van der Waals surface area contributed by atoms with E-state index in [-0.39, 0.29) is 48.0 Å². The normalized spacial score (nSPS) is 18.4. The molecule has 0 radical (unpaired) electrons. The number of nitrogens with zero attached hydrogens (tertiary/aromatic N) is 3. The minimum atomic E-state index is -5.88. The first kappa shape index (κ1) is 47.9. The fraction of sp³-hybridized carbons (Fsp3) is 0.444. The number of aromatic nitrogens is 3. The first-order chi connectivity index (χ1) is 30.6. The summed E-state index contributed by atoms with van der Waals surface area (Å²) in [7, 11) is 0. The van der Waals surface area contributed by atoms with Crippen LogP contribution in [0, 0.1) is 18.8 Å². The van der Waals surface area contributed by atoms with Gasteiger partial charge in [0.15, 0.2) is 5.82 Å². The van der Waals surface area contributed by atoms with Crippen molar-refractivity contribution in [1.82, 2.24) is 36.0 Å². The number of H-pyrrole nitrogens is 1. The lowest BCUT2D eigenvalue weighted by atomic mass is 9.81. The van der Waals surface area contributed by atoms with E-state index >= 15 is 0 Å². The van der Waals surface area contributed by atoms with Crippen molar-refractivity contribution in [2.75, 3.05) is 25.0 Å². The monoisotopic (exact) mass is 910 g/mol. The van der Waals surface area contributed by atoms with Gasteiger partial charge in [0, 0.05) is 54.8 Å². The molecular formula is C45H51F5N8O7. The number of hydrogen-bond donors (Lipinski definition) is 6. The van der Waals surface area contributed by atoms with Gasteiger partial charge in [-0.1, -0.05) is 30.3 Å². The SMILES string of the molecule is Cc1cc(C(=O)N[C@@H]2CCN(C(=O)O)C2)ccc1-c1ccc(C[C@H](NC(=O)C2CCC(CNC(=O)OC(C)(C)C)CC2)C(=O)Nc2ccc(-c3n[nH]c(C(F)(F)C(F)(F)F)n3)cc2)cc1. The first-order valence-electron chi connectivity index (χ1n) is 21.1. The van der Waals surface area contributed by atoms with Crippen molar-refractivity contribution in [2.24, 2.45) is 11.8 Å². The summed E-state index contributed by atoms with van der Waals surface area (Å²) in [5.41, 5.74) is 3.33. The number of carbonyl (C=O) groups excluding carboxylic acids is 4. The number of halogens is 5. The molecule has 2 fully saturated rings. The van der Waals surface area contributed by atoms with Crippen molar-refractivity contribution < 1.29 is 55.8 Å². The molecule has 2 atom stereocenters. The zero-order valence-electron chi connectivity index (χ0n) is 36.2. The largest absolute Gasteiger partial charge is 0.465 e. The molecule has 1 saturated carbocycles. The van der Waals surface area contributed by atoms with Gasteiger partial charge in [-0.05, 0) is 124 Å². The lowest BCUT2D eigenvalue weighted by molar-refractivity contribution is -0.292. The molecule has 65 heavy (non-hydrogen) atoms. The van der Waals surface area contributed by atoms with Crippen LogP contribution in [0.5, 0.6) is 0 Å². The smallest absolute Gasteiger partial charge is 0.461 e. The minimum absolute atomic E-state index is 0.0804. The summed E-state index contributed by atoms with van der Waals surface area (Å²) in [6.45, 7) is 8.15. The van der Waals surface area contributed by atoms with Crippen molar-refractivity contribution in [3.63, 3.8) is 0 Å². The van der Waals surface area contributed by atoms with Gasteiger partial charge in [0.05, 0.1) is 0 Å². The summed E-state index contributed by atoms with van der Waals surface area (Å²) >= 11 is 0. The summed E-state index contributed by atoms with van der Waals surface area (Å²) < 4.78 is 71.5. The maximum absolute atomic E-state index is 13.9. The van der Waals surface area contributed by atoms with E-state index in [2.05, 4.69) is 31.3 Å². The van der Waals surface area contributed by atoms with Gasteiger partial charge >= 0.3 is 24.3 Å². The molecule has 1 aromatic heterocycles. The molecule has 6 N–H and O–H groups in total. The average Bonchev–Trinajstić information content (AvgIpc) is 3.94. The summed E-state index contributed by atoms with van der Waals surface area (Å²) in [5.74, 6) is -8.80. The number of aryl methyl sites for hydroxylation is 1. The summed E-state index contributed by atoms with van der Waals surface area (Å²) in [4.78, 5) is 68.7. The number of anilines is 1. The van der Waals surface area contributed by atoms with Gasteiger partial charge in [-0.2, -0.15) is 27.1 Å². The van der Waals surface area contributed by atoms with Gasteiger partial charge in [0.2, 0.25) is 17.6 Å². The molecule has 6 rings (SSSR count). The van der Waals surface area contributed by atoms with Crippen LogP contribution in [0.4, 0.5) is 37.2 Å². The molecule has 4 aromatic rings. The highest BCUT2D eigenvalue weighted by Gasteiger charge is 2.61. The second-order valence-electron chi connectivity index (χ2n) is 17.4. The van der Waals surface area contributed by atoms with Gasteiger partial charge in [0.25, 0.3) is 5.91 Å². The fourth-order valence-electron chi connectivity index (χ4n) is 7.77. The van der Waals surface area contributed by atoms with E-state index in [4.69, 9.17) is 4.74 Å². The molecule has 2 heterocycles. The Hall–Kier alpha value is -6.60. The third kappa shape index (κ3) is 12.4. The van der Waals surface area contributed by atoms with Crippen LogP contribution in [0.1, 0.15) is 80.2 Å². The molecule has 15 nitrogen and oxygen atoms in total. The van der Waals surface area contributed by atoms with Crippen molar-refractivity contribution in [2.45, 2.75) is 96.0 Å². The van der Waals surface area contributed by atoms with Crippen molar-refractivity contribution in [1.29, 1.82) is 0 Å². The number of rotatable bonds is 13. The fourth-order valence-corrected chi connectivity index (χ4v) is 7.77. The number of benzene rings is 3. The number of aromatic amines is 1. The first-order valence-corrected chi connectivity index (χ1v) is 21.1. The van der Waals surface area contributed by atoms with E-state index in [1.54, 1.807) is 38.0 Å². The molecule has 1 saturated heterocycles. The predicted molar refractivity (Wildman–Crippen MR) is 228 cm³/mol. The molecule has 1 aliphatic carbocycles. The minimum Gasteiger partial charge on any atom is -0.465 e. The molecule has 20 heteroatoms. The Balaban J connectivity index is 1.13. The highest BCUT2D eigenvalue weighted by atomic mass is 19.4. The number of amides is 5. The predicted octanol–water partition coefficient (Wildman–Crippen LogP) is 7.58. The quantitative estimate of drug-likeness (QED) is 0.0730. The third-order valence-corrected chi connectivity index (χ3v) is 11.3. The number of carboxylic acid groups (broad SMARTS) is 1. The number of alkyl carbamates (subject to hydrolysis) is 1. The Labute approximate surface area is 371 Å². The summed E-state index contributed by atoms with van der Waals surface area (Å²) in [5, 5.41) is 25.7. The lowest BCUT2D eigenvalue weighted by Gasteiger charge is -2.29. The lowest BCUT2D eigenvalue weighted by Crippen LogP contribution is -2.48. The molecule has 0 unspecified atom stereocenters. The number of nitrogens with one attached hydrogen (secondary N) is 5. The zero-order valence-corrected chi connectivity index (χ0v) is 36.2. The van der Waals surface area contributed by atoms with Gasteiger partial charge < -0.3 is 36.0 Å². The van der Waals surface area contributed by atoms with Crippen LogP contribution in [0.3, 0.4) is 0 Å². The van der Waals surface area contributed by atoms with Gasteiger partial charge in [-0.25, -0.2) is 14.6 Å². The summed E-state index contributed by atoms with van der Waals surface area (Å²) in [6.07, 6.45) is -4.45. The molecule has 2 aliphatic rings. The number of ether oxygens (including phenoxy) is 1. The van der Waals surface area contributed by atoms with E-state index < -0.39 is 59.4 Å². The standard InChI is InChI=1S/C45H51F5N8O7/c1-25-21-31(38(60)53-33-19-20-58(24-33)42(63)64)15-18-34(25)28-9-5-26(6-10-28)22-35(54-37(59)30-11-7-27(8-12-30)23-51-41(62)65-43(2,3)4)39(61)52-32-16-13-29(14-17-32)36-55-40(57-56-36)44(46,47)45(48,49)50/h5-6,9-10,13-18,21,27,30,33,35H,7-8,11-12,19-20,22-24H2,1-4H3,(H,51,62)(H,52,61)(H,53,60)(H,54,59)(H,63,64)(H,55,56,57)/t27?,30?,33-,35+/m1/s1. The van der Waals surface area contributed by atoms with E-state index in [1.807, 2.05) is 37.3 Å². The molecule has 348 valence electrons. The van der Waals surface area contributed by atoms with E-state index in [1.165, 1.54) is 29.2 Å². The van der Waals surface area contributed by atoms with Crippen LogP contribution in [0.25, 0.3) is 22.5 Å².